The number of morpholine rings is 1. The summed E-state index contributed by atoms with van der Waals surface area (Å²) in [6.45, 7) is 6.48. The van der Waals surface area contributed by atoms with Crippen LogP contribution in [0.15, 0.2) is 18.2 Å². The number of benzene rings is 1. The molecule has 0 amide bonds. The normalized spacial score (nSPS) is 19.5. The van der Waals surface area contributed by atoms with Gasteiger partial charge in [0.1, 0.15) is 17.5 Å². The molecule has 0 saturated carbocycles. The van der Waals surface area contributed by atoms with E-state index in [4.69, 9.17) is 31.4 Å². The molecular weight excluding hydrogens is 450 g/mol. The van der Waals surface area contributed by atoms with Crippen molar-refractivity contribution in [2.75, 3.05) is 63.4 Å². The number of hydrogen-bond acceptors (Lipinski definition) is 7. The summed E-state index contributed by atoms with van der Waals surface area (Å²) in [5, 5.41) is 11.3. The second-order valence-corrected chi connectivity index (χ2v) is 8.95. The van der Waals surface area contributed by atoms with Crippen molar-refractivity contribution in [1.29, 1.82) is 5.26 Å². The van der Waals surface area contributed by atoms with E-state index in [1.165, 1.54) is 0 Å². The zero-order chi connectivity index (χ0) is 23.8. The second kappa shape index (κ2) is 9.28. The van der Waals surface area contributed by atoms with Gasteiger partial charge in [-0.25, -0.2) is 4.98 Å². The minimum absolute atomic E-state index is 0.141. The molecule has 0 N–H and O–H groups in total. The van der Waals surface area contributed by atoms with Crippen LogP contribution in [0, 0.1) is 11.3 Å². The maximum Gasteiger partial charge on any atom is 0.177 e. The van der Waals surface area contributed by atoms with Gasteiger partial charge in [-0.2, -0.15) is 5.26 Å². The molecule has 2 saturated heterocycles. The third-order valence-electron chi connectivity index (χ3n) is 6.92. The Morgan fingerprint density at radius 2 is 1.94 bits per heavy atom. The number of pyridine rings is 1. The monoisotopic (exact) mass is 479 g/mol. The Labute approximate surface area is 205 Å². The first kappa shape index (κ1) is 22.7. The number of methoxy groups -OCH3 is 2. The van der Waals surface area contributed by atoms with Crippen molar-refractivity contribution in [2.24, 2.45) is 0 Å². The summed E-state index contributed by atoms with van der Waals surface area (Å²) in [7, 11) is 3.22. The van der Waals surface area contributed by atoms with Crippen LogP contribution in [-0.2, 0) is 4.74 Å². The van der Waals surface area contributed by atoms with E-state index in [0.717, 1.165) is 60.2 Å². The predicted octanol–water partition coefficient (Wildman–Crippen LogP) is 3.74. The van der Waals surface area contributed by atoms with E-state index < -0.39 is 0 Å². The first-order valence-corrected chi connectivity index (χ1v) is 12.1. The van der Waals surface area contributed by atoms with Gasteiger partial charge in [-0.1, -0.05) is 0 Å². The van der Waals surface area contributed by atoms with Crippen LogP contribution in [0.4, 0.5) is 11.5 Å². The molecule has 3 aliphatic rings. The summed E-state index contributed by atoms with van der Waals surface area (Å²) in [5.74, 6) is 2.09. The maximum atomic E-state index is 10.5. The number of nitrogens with zero attached hydrogens (tertiary/aromatic N) is 5. The predicted molar refractivity (Wildman–Crippen MR) is 135 cm³/mol. The molecule has 8 nitrogen and oxygen atoms in total. The van der Waals surface area contributed by atoms with Crippen LogP contribution < -0.4 is 19.3 Å². The lowest BCUT2D eigenvalue weighted by molar-refractivity contribution is 0.122. The number of rotatable bonds is 5. The van der Waals surface area contributed by atoms with Crippen LogP contribution in [0.2, 0.25) is 0 Å². The van der Waals surface area contributed by atoms with Gasteiger partial charge in [0.2, 0.25) is 0 Å². The molecular formula is C25H29N5O3S. The Hall–Kier alpha value is -3.09. The fourth-order valence-electron chi connectivity index (χ4n) is 5.33. The number of anilines is 2. The lowest BCUT2D eigenvalue weighted by Gasteiger charge is -2.44. The van der Waals surface area contributed by atoms with E-state index in [0.29, 0.717) is 42.5 Å². The molecule has 1 atom stereocenters. The second-order valence-electron chi connectivity index (χ2n) is 8.58. The van der Waals surface area contributed by atoms with Gasteiger partial charge >= 0.3 is 0 Å². The van der Waals surface area contributed by atoms with Crippen molar-refractivity contribution < 1.29 is 14.2 Å². The first-order chi connectivity index (χ1) is 16.6. The highest BCUT2D eigenvalue weighted by Gasteiger charge is 2.42. The number of hydrogen-bond donors (Lipinski definition) is 0. The summed E-state index contributed by atoms with van der Waals surface area (Å²) in [6, 6.07) is 8.32. The average Bonchev–Trinajstić information content (AvgIpc) is 3.38. The zero-order valence-corrected chi connectivity index (χ0v) is 20.7. The van der Waals surface area contributed by atoms with Gasteiger partial charge in [-0.05, 0) is 50.2 Å². The molecule has 34 heavy (non-hydrogen) atoms. The van der Waals surface area contributed by atoms with E-state index in [9.17, 15) is 5.26 Å². The number of nitriles is 1. The van der Waals surface area contributed by atoms with Gasteiger partial charge in [0.15, 0.2) is 16.6 Å². The highest BCUT2D eigenvalue weighted by molar-refractivity contribution is 7.80. The molecule has 0 radical (unpaired) electrons. The van der Waals surface area contributed by atoms with E-state index in [1.54, 1.807) is 14.2 Å². The van der Waals surface area contributed by atoms with Gasteiger partial charge in [0.25, 0.3) is 0 Å². The fourth-order valence-corrected chi connectivity index (χ4v) is 5.76. The zero-order valence-electron chi connectivity index (χ0n) is 19.8. The van der Waals surface area contributed by atoms with Gasteiger partial charge in [-0.15, -0.1) is 0 Å². The van der Waals surface area contributed by atoms with Gasteiger partial charge in [-0.3, -0.25) is 0 Å². The van der Waals surface area contributed by atoms with Gasteiger partial charge < -0.3 is 28.9 Å². The standard InChI is InChI=1S/C25H29N5O3S/c1-4-29-24-21(18-6-5-9-30(18)25(29)34)23(28-10-12-33-13-11-28)17(15-26)22(27-24)16-7-8-19(31-2)20(14-16)32-3/h7-8,14,18H,4-6,9-13H2,1-3H3. The van der Waals surface area contributed by atoms with E-state index in [2.05, 4.69) is 27.7 Å². The van der Waals surface area contributed by atoms with Crippen molar-refractivity contribution in [3.8, 4) is 28.8 Å². The van der Waals surface area contributed by atoms with Gasteiger partial charge in [0, 0.05) is 37.3 Å². The van der Waals surface area contributed by atoms with Crippen LogP contribution in [0.3, 0.4) is 0 Å². The summed E-state index contributed by atoms with van der Waals surface area (Å²) in [6.07, 6.45) is 2.08. The van der Waals surface area contributed by atoms with Crippen LogP contribution in [-0.4, -0.2) is 68.6 Å². The SMILES string of the molecule is CCN1C(=S)N2CCCC2c2c1nc(-c1ccc(OC)c(OC)c1)c(C#N)c2N1CCOCC1. The lowest BCUT2D eigenvalue weighted by Crippen LogP contribution is -2.49. The van der Waals surface area contributed by atoms with E-state index in [1.807, 2.05) is 18.2 Å². The molecule has 1 unspecified atom stereocenters. The molecule has 2 fully saturated rings. The topological polar surface area (TPSA) is 74.1 Å². The molecule has 4 heterocycles. The molecule has 9 heteroatoms. The molecule has 0 bridgehead atoms. The smallest absolute Gasteiger partial charge is 0.177 e. The fraction of sp³-hybridized carbons (Fsp3) is 0.480. The number of aromatic nitrogens is 1. The van der Waals surface area contributed by atoms with E-state index in [-0.39, 0.29) is 6.04 Å². The Morgan fingerprint density at radius 3 is 2.62 bits per heavy atom. The Morgan fingerprint density at radius 1 is 1.18 bits per heavy atom. The maximum absolute atomic E-state index is 10.5. The lowest BCUT2D eigenvalue weighted by atomic mass is 9.93. The molecule has 5 rings (SSSR count). The third-order valence-corrected chi connectivity index (χ3v) is 7.37. The van der Waals surface area contributed by atoms with Crippen molar-refractivity contribution in [2.45, 2.75) is 25.8 Å². The minimum atomic E-state index is 0.141. The summed E-state index contributed by atoms with van der Waals surface area (Å²) >= 11 is 5.91. The Kier molecular flexibility index (Phi) is 6.19. The highest BCUT2D eigenvalue weighted by Crippen LogP contribution is 2.49. The quantitative estimate of drug-likeness (QED) is 0.596. The molecule has 2 aromatic rings. The summed E-state index contributed by atoms with van der Waals surface area (Å²) in [4.78, 5) is 11.9. The largest absolute Gasteiger partial charge is 0.493 e. The van der Waals surface area contributed by atoms with Crippen molar-refractivity contribution in [1.82, 2.24) is 9.88 Å². The summed E-state index contributed by atoms with van der Waals surface area (Å²) < 4.78 is 16.6. The minimum Gasteiger partial charge on any atom is -0.493 e. The molecule has 3 aliphatic heterocycles. The van der Waals surface area contributed by atoms with Crippen LogP contribution in [0.25, 0.3) is 11.3 Å². The average molecular weight is 480 g/mol. The van der Waals surface area contributed by atoms with Crippen molar-refractivity contribution in [3.05, 3.63) is 29.3 Å². The molecule has 1 aromatic carbocycles. The Balaban J connectivity index is 1.80. The number of thiocarbonyl (C=S) groups is 1. The molecule has 0 aliphatic carbocycles. The van der Waals surface area contributed by atoms with E-state index >= 15 is 0 Å². The first-order valence-electron chi connectivity index (χ1n) is 11.7. The number of ether oxygens (including phenoxy) is 3. The van der Waals surface area contributed by atoms with Crippen LogP contribution in [0.5, 0.6) is 11.5 Å². The van der Waals surface area contributed by atoms with Crippen molar-refractivity contribution in [3.63, 3.8) is 0 Å². The summed E-state index contributed by atoms with van der Waals surface area (Å²) in [5.41, 5.74) is 4.12. The van der Waals surface area contributed by atoms with Crippen LogP contribution in [0.1, 0.15) is 36.9 Å². The molecule has 178 valence electrons. The third kappa shape index (κ3) is 3.53. The van der Waals surface area contributed by atoms with Gasteiger partial charge in [0.05, 0.1) is 44.9 Å². The Bertz CT molecular complexity index is 1160. The highest BCUT2D eigenvalue weighted by atomic mass is 32.1. The van der Waals surface area contributed by atoms with Crippen LogP contribution >= 0.6 is 12.2 Å². The number of fused-ring (bicyclic) bond motifs is 3. The van der Waals surface area contributed by atoms with Crippen molar-refractivity contribution >= 4 is 28.8 Å². The molecule has 1 aromatic heterocycles. The molecule has 0 spiro atoms.